The molecule has 0 amide bonds. The minimum absolute atomic E-state index is 0.792. The van der Waals surface area contributed by atoms with Crippen molar-refractivity contribution in [3.8, 4) is 0 Å². The number of pyridine rings is 1. The Morgan fingerprint density at radius 2 is 2.05 bits per heavy atom. The predicted octanol–water partition coefficient (Wildman–Crippen LogP) is 3.19. The molecule has 108 valence electrons. The van der Waals surface area contributed by atoms with Crippen molar-refractivity contribution < 1.29 is 0 Å². The lowest BCUT2D eigenvalue weighted by Crippen LogP contribution is -2.39. The molecule has 1 fully saturated rings. The van der Waals surface area contributed by atoms with Gasteiger partial charge in [0.25, 0.3) is 0 Å². The number of piperidine rings is 1. The van der Waals surface area contributed by atoms with Gasteiger partial charge in [0.1, 0.15) is 0 Å². The fraction of sp³-hybridized carbons (Fsp3) is 0.688. The van der Waals surface area contributed by atoms with E-state index in [1.807, 2.05) is 27.0 Å². The highest BCUT2D eigenvalue weighted by Crippen LogP contribution is 2.22. The van der Waals surface area contributed by atoms with Crippen molar-refractivity contribution in [3.05, 3.63) is 24.0 Å². The second-order valence-electron chi connectivity index (χ2n) is 5.37. The molecule has 0 bridgehead atoms. The number of hydrogen-bond acceptors (Lipinski definition) is 3. The standard InChI is InChI=1S/C14H23N3.C2H6/c1-12-6-7-14(9-15-12)17-8-4-5-13(11-17)10-16(2)3;1-2/h6-7,9,13H,4-5,8,10-11H2,1-3H3;1-2H3. The molecule has 2 heterocycles. The minimum atomic E-state index is 0.792. The molecule has 1 aromatic rings. The Morgan fingerprint density at radius 1 is 1.32 bits per heavy atom. The quantitative estimate of drug-likeness (QED) is 0.835. The van der Waals surface area contributed by atoms with Crippen LogP contribution in [-0.2, 0) is 0 Å². The summed E-state index contributed by atoms with van der Waals surface area (Å²) in [6, 6.07) is 4.30. The van der Waals surface area contributed by atoms with E-state index in [0.717, 1.165) is 11.6 Å². The summed E-state index contributed by atoms with van der Waals surface area (Å²) in [6.45, 7) is 9.57. The molecule has 0 aromatic carbocycles. The van der Waals surface area contributed by atoms with Crippen LogP contribution in [0.5, 0.6) is 0 Å². The van der Waals surface area contributed by atoms with Crippen LogP contribution in [-0.4, -0.2) is 43.6 Å². The summed E-state index contributed by atoms with van der Waals surface area (Å²) in [5.41, 5.74) is 2.37. The van der Waals surface area contributed by atoms with Crippen molar-refractivity contribution in [2.45, 2.75) is 33.6 Å². The molecule has 0 N–H and O–H groups in total. The molecular weight excluding hydrogens is 234 g/mol. The Bertz CT molecular complexity index is 346. The number of nitrogens with zero attached hydrogens (tertiary/aromatic N) is 3. The molecule has 19 heavy (non-hydrogen) atoms. The number of anilines is 1. The smallest absolute Gasteiger partial charge is 0.0553 e. The first-order valence-electron chi connectivity index (χ1n) is 7.47. The van der Waals surface area contributed by atoms with Gasteiger partial charge >= 0.3 is 0 Å². The third kappa shape index (κ3) is 5.19. The molecule has 1 aliphatic heterocycles. The summed E-state index contributed by atoms with van der Waals surface area (Å²) in [7, 11) is 4.32. The fourth-order valence-corrected chi connectivity index (χ4v) is 2.61. The van der Waals surface area contributed by atoms with E-state index in [9.17, 15) is 0 Å². The number of rotatable bonds is 3. The molecule has 3 nitrogen and oxygen atoms in total. The molecule has 1 aliphatic rings. The van der Waals surface area contributed by atoms with Gasteiger partial charge in [-0.25, -0.2) is 0 Å². The first-order valence-corrected chi connectivity index (χ1v) is 7.47. The van der Waals surface area contributed by atoms with E-state index in [0.29, 0.717) is 0 Å². The van der Waals surface area contributed by atoms with Crippen LogP contribution >= 0.6 is 0 Å². The van der Waals surface area contributed by atoms with E-state index in [2.05, 4.69) is 41.0 Å². The van der Waals surface area contributed by atoms with E-state index >= 15 is 0 Å². The van der Waals surface area contributed by atoms with Crippen molar-refractivity contribution in [1.29, 1.82) is 0 Å². The van der Waals surface area contributed by atoms with Crippen LogP contribution in [0.15, 0.2) is 18.3 Å². The first-order chi connectivity index (χ1) is 9.15. The molecule has 0 radical (unpaired) electrons. The van der Waals surface area contributed by atoms with Crippen LogP contribution in [0.3, 0.4) is 0 Å². The highest BCUT2D eigenvalue weighted by Gasteiger charge is 2.20. The minimum Gasteiger partial charge on any atom is -0.370 e. The second kappa shape index (κ2) is 8.16. The molecule has 1 saturated heterocycles. The lowest BCUT2D eigenvalue weighted by molar-refractivity contribution is 0.292. The van der Waals surface area contributed by atoms with Crippen LogP contribution in [0.4, 0.5) is 5.69 Å². The lowest BCUT2D eigenvalue weighted by Gasteiger charge is -2.35. The van der Waals surface area contributed by atoms with Crippen LogP contribution in [0, 0.1) is 12.8 Å². The predicted molar refractivity (Wildman–Crippen MR) is 83.8 cm³/mol. The van der Waals surface area contributed by atoms with Gasteiger partial charge in [-0.2, -0.15) is 0 Å². The highest BCUT2D eigenvalue weighted by atomic mass is 15.2. The molecule has 0 aliphatic carbocycles. The van der Waals surface area contributed by atoms with Gasteiger partial charge < -0.3 is 9.80 Å². The Balaban J connectivity index is 0.000000861. The Morgan fingerprint density at radius 3 is 2.63 bits per heavy atom. The van der Waals surface area contributed by atoms with Crippen LogP contribution in [0.2, 0.25) is 0 Å². The van der Waals surface area contributed by atoms with Gasteiger partial charge in [-0.05, 0) is 51.9 Å². The van der Waals surface area contributed by atoms with Gasteiger partial charge in [0.05, 0.1) is 11.9 Å². The van der Waals surface area contributed by atoms with E-state index in [-0.39, 0.29) is 0 Å². The summed E-state index contributed by atoms with van der Waals surface area (Å²) in [6.07, 6.45) is 4.66. The Labute approximate surface area is 118 Å². The van der Waals surface area contributed by atoms with Crippen molar-refractivity contribution in [2.75, 3.05) is 38.6 Å². The largest absolute Gasteiger partial charge is 0.370 e. The van der Waals surface area contributed by atoms with Gasteiger partial charge in [-0.3, -0.25) is 4.98 Å². The average molecular weight is 263 g/mol. The van der Waals surface area contributed by atoms with Gasteiger partial charge in [0.15, 0.2) is 0 Å². The summed E-state index contributed by atoms with van der Waals surface area (Å²) in [4.78, 5) is 9.16. The molecule has 1 aromatic heterocycles. The monoisotopic (exact) mass is 263 g/mol. The summed E-state index contributed by atoms with van der Waals surface area (Å²) < 4.78 is 0. The third-order valence-electron chi connectivity index (χ3n) is 3.40. The van der Waals surface area contributed by atoms with Crippen molar-refractivity contribution in [3.63, 3.8) is 0 Å². The van der Waals surface area contributed by atoms with Gasteiger partial charge in [-0.1, -0.05) is 13.8 Å². The Hall–Kier alpha value is -1.09. The van der Waals surface area contributed by atoms with Gasteiger partial charge in [0.2, 0.25) is 0 Å². The van der Waals surface area contributed by atoms with E-state index < -0.39 is 0 Å². The van der Waals surface area contributed by atoms with Crippen molar-refractivity contribution >= 4 is 5.69 Å². The van der Waals surface area contributed by atoms with Crippen LogP contribution < -0.4 is 4.90 Å². The number of hydrogen-bond donors (Lipinski definition) is 0. The third-order valence-corrected chi connectivity index (χ3v) is 3.40. The van der Waals surface area contributed by atoms with Gasteiger partial charge in [0, 0.05) is 25.3 Å². The molecule has 0 saturated carbocycles. The van der Waals surface area contributed by atoms with Crippen molar-refractivity contribution in [1.82, 2.24) is 9.88 Å². The maximum Gasteiger partial charge on any atom is 0.0553 e. The van der Waals surface area contributed by atoms with Crippen LogP contribution in [0.25, 0.3) is 0 Å². The van der Waals surface area contributed by atoms with E-state index in [1.165, 1.54) is 38.2 Å². The maximum atomic E-state index is 4.39. The second-order valence-corrected chi connectivity index (χ2v) is 5.37. The van der Waals surface area contributed by atoms with E-state index in [4.69, 9.17) is 0 Å². The number of aromatic nitrogens is 1. The van der Waals surface area contributed by atoms with Crippen LogP contribution in [0.1, 0.15) is 32.4 Å². The summed E-state index contributed by atoms with van der Waals surface area (Å²) in [5.74, 6) is 0.792. The lowest BCUT2D eigenvalue weighted by atomic mass is 9.97. The molecule has 1 atom stereocenters. The Kier molecular flexibility index (Phi) is 6.85. The maximum absolute atomic E-state index is 4.39. The average Bonchev–Trinajstić information content (AvgIpc) is 2.41. The molecule has 3 heteroatoms. The zero-order valence-corrected chi connectivity index (χ0v) is 13.2. The molecule has 1 unspecified atom stereocenters. The van der Waals surface area contributed by atoms with E-state index in [1.54, 1.807) is 0 Å². The first kappa shape index (κ1) is 16.0. The normalized spacial score (nSPS) is 19.1. The zero-order chi connectivity index (χ0) is 14.3. The summed E-state index contributed by atoms with van der Waals surface area (Å²) >= 11 is 0. The van der Waals surface area contributed by atoms with Crippen molar-refractivity contribution in [2.24, 2.45) is 5.92 Å². The highest BCUT2D eigenvalue weighted by molar-refractivity contribution is 5.44. The molecule has 0 spiro atoms. The van der Waals surface area contributed by atoms with Gasteiger partial charge in [-0.15, -0.1) is 0 Å². The molecule has 2 rings (SSSR count). The topological polar surface area (TPSA) is 19.4 Å². The summed E-state index contributed by atoms with van der Waals surface area (Å²) in [5, 5.41) is 0. The zero-order valence-electron chi connectivity index (χ0n) is 13.2. The SMILES string of the molecule is CC.Cc1ccc(N2CCCC(CN(C)C)C2)cn1. The number of aryl methyl sites for hydroxylation is 1. The molecular formula is C16H29N3. The fourth-order valence-electron chi connectivity index (χ4n) is 2.61.